The van der Waals surface area contributed by atoms with Gasteiger partial charge in [0, 0.05) is 6.42 Å². The van der Waals surface area contributed by atoms with Gasteiger partial charge in [-0.05, 0) is 81.5 Å². The molecule has 0 heterocycles. The monoisotopic (exact) mass is 334 g/mol. The molecule has 2 aliphatic carbocycles. The van der Waals surface area contributed by atoms with Gasteiger partial charge in [0.2, 0.25) is 0 Å². The zero-order valence-electron chi connectivity index (χ0n) is 16.8. The van der Waals surface area contributed by atoms with Crippen molar-refractivity contribution in [1.82, 2.24) is 0 Å². The van der Waals surface area contributed by atoms with Gasteiger partial charge in [0.1, 0.15) is 0 Å². The molecule has 0 aromatic carbocycles. The molecule has 0 bridgehead atoms. The third kappa shape index (κ3) is 4.43. The molecular formula is C22H38O2. The summed E-state index contributed by atoms with van der Waals surface area (Å²) in [6.45, 7) is 14.4. The Kier molecular flexibility index (Phi) is 6.56. The van der Waals surface area contributed by atoms with Crippen molar-refractivity contribution >= 4 is 5.97 Å². The van der Waals surface area contributed by atoms with E-state index >= 15 is 0 Å². The van der Waals surface area contributed by atoms with Crippen molar-refractivity contribution in [2.24, 2.45) is 29.1 Å². The first kappa shape index (κ1) is 19.5. The molecule has 0 saturated heterocycles. The third-order valence-electron chi connectivity index (χ3n) is 6.80. The summed E-state index contributed by atoms with van der Waals surface area (Å²) in [5.74, 6) is 2.81. The van der Waals surface area contributed by atoms with Crippen LogP contribution in [0.3, 0.4) is 0 Å². The number of allylic oxidation sites excluding steroid dienone is 2. The standard InChI is InChI=1S/C22H38O2/c1-7-24-20(23)14-15(2)8-10-18-16(3)9-11-19-21(18)17(4)12-13-22(19,5)6/h15,17,19,21H,7-14H2,1-6H3/t15?,17-,19?,21?/m0/s1. The molecule has 2 heteroatoms. The van der Waals surface area contributed by atoms with Crippen molar-refractivity contribution in [3.8, 4) is 0 Å². The van der Waals surface area contributed by atoms with Crippen LogP contribution in [0.4, 0.5) is 0 Å². The van der Waals surface area contributed by atoms with Crippen molar-refractivity contribution < 1.29 is 9.53 Å². The van der Waals surface area contributed by atoms with Gasteiger partial charge in [-0.3, -0.25) is 4.79 Å². The van der Waals surface area contributed by atoms with Crippen LogP contribution < -0.4 is 0 Å². The van der Waals surface area contributed by atoms with Crippen LogP contribution in [0.5, 0.6) is 0 Å². The van der Waals surface area contributed by atoms with Gasteiger partial charge >= 0.3 is 5.97 Å². The number of rotatable bonds is 6. The summed E-state index contributed by atoms with van der Waals surface area (Å²) in [4.78, 5) is 11.7. The van der Waals surface area contributed by atoms with Gasteiger partial charge in [-0.25, -0.2) is 0 Å². The Labute approximate surface area is 149 Å². The fraction of sp³-hybridized carbons (Fsp3) is 0.864. The van der Waals surface area contributed by atoms with E-state index in [0.717, 1.165) is 24.2 Å². The van der Waals surface area contributed by atoms with Crippen LogP contribution in [-0.4, -0.2) is 12.6 Å². The summed E-state index contributed by atoms with van der Waals surface area (Å²) in [6, 6.07) is 0. The second-order valence-electron chi connectivity index (χ2n) is 9.13. The number of carbonyl (C=O) groups is 1. The molecule has 1 fully saturated rings. The molecule has 0 aromatic rings. The minimum atomic E-state index is -0.0376. The molecule has 2 nitrogen and oxygen atoms in total. The molecule has 3 unspecified atom stereocenters. The first-order valence-electron chi connectivity index (χ1n) is 10.1. The molecule has 2 rings (SSSR count). The highest BCUT2D eigenvalue weighted by Crippen LogP contribution is 2.55. The van der Waals surface area contributed by atoms with Crippen LogP contribution in [0.15, 0.2) is 11.1 Å². The second-order valence-corrected chi connectivity index (χ2v) is 9.13. The molecule has 0 N–H and O–H groups in total. The second kappa shape index (κ2) is 8.06. The normalized spacial score (nSPS) is 30.7. The minimum Gasteiger partial charge on any atom is -0.466 e. The Hall–Kier alpha value is -0.790. The summed E-state index contributed by atoms with van der Waals surface area (Å²) < 4.78 is 5.10. The maximum absolute atomic E-state index is 11.7. The van der Waals surface area contributed by atoms with Crippen LogP contribution in [0, 0.1) is 29.1 Å². The van der Waals surface area contributed by atoms with E-state index in [1.807, 2.05) is 6.92 Å². The summed E-state index contributed by atoms with van der Waals surface area (Å²) in [5, 5.41) is 0. The lowest BCUT2D eigenvalue weighted by atomic mass is 9.54. The van der Waals surface area contributed by atoms with E-state index in [1.165, 1.54) is 32.1 Å². The van der Waals surface area contributed by atoms with Crippen molar-refractivity contribution in [2.45, 2.75) is 86.5 Å². The highest BCUT2D eigenvalue weighted by molar-refractivity contribution is 5.69. The van der Waals surface area contributed by atoms with Crippen LogP contribution in [0.25, 0.3) is 0 Å². The Balaban J connectivity index is 2.03. The van der Waals surface area contributed by atoms with E-state index < -0.39 is 0 Å². The molecule has 0 aliphatic heterocycles. The fourth-order valence-electron chi connectivity index (χ4n) is 5.21. The lowest BCUT2D eigenvalue weighted by Gasteiger charge is -2.51. The Morgan fingerprint density at radius 2 is 2.04 bits per heavy atom. The third-order valence-corrected chi connectivity index (χ3v) is 6.80. The summed E-state index contributed by atoms with van der Waals surface area (Å²) in [5.41, 5.74) is 3.87. The van der Waals surface area contributed by atoms with Crippen LogP contribution in [0.2, 0.25) is 0 Å². The van der Waals surface area contributed by atoms with Crippen molar-refractivity contribution in [1.29, 1.82) is 0 Å². The maximum atomic E-state index is 11.7. The summed E-state index contributed by atoms with van der Waals surface area (Å²) in [6.07, 6.45) is 8.24. The predicted molar refractivity (Wildman–Crippen MR) is 101 cm³/mol. The fourth-order valence-corrected chi connectivity index (χ4v) is 5.21. The summed E-state index contributed by atoms with van der Waals surface area (Å²) >= 11 is 0. The average molecular weight is 335 g/mol. The SMILES string of the molecule is CCOC(=O)CC(C)CCC1=C(C)CCC2C1[C@@H](C)CCC2(C)C. The van der Waals surface area contributed by atoms with E-state index in [0.29, 0.717) is 24.4 Å². The quantitative estimate of drug-likeness (QED) is 0.430. The number of hydrogen-bond donors (Lipinski definition) is 0. The van der Waals surface area contributed by atoms with Crippen molar-refractivity contribution in [3.05, 3.63) is 11.1 Å². The number of carbonyl (C=O) groups excluding carboxylic acids is 1. The van der Waals surface area contributed by atoms with Crippen molar-refractivity contribution in [2.75, 3.05) is 6.61 Å². The Morgan fingerprint density at radius 1 is 1.33 bits per heavy atom. The number of esters is 1. The number of ether oxygens (including phenoxy) is 1. The molecule has 1 saturated carbocycles. The van der Waals surface area contributed by atoms with Gasteiger partial charge in [0.15, 0.2) is 0 Å². The summed E-state index contributed by atoms with van der Waals surface area (Å²) in [7, 11) is 0. The lowest BCUT2D eigenvalue weighted by Crippen LogP contribution is -2.42. The first-order valence-corrected chi connectivity index (χ1v) is 10.1. The first-order chi connectivity index (χ1) is 11.3. The Morgan fingerprint density at radius 3 is 2.71 bits per heavy atom. The molecule has 0 spiro atoms. The molecule has 0 amide bonds. The molecule has 24 heavy (non-hydrogen) atoms. The molecular weight excluding hydrogens is 296 g/mol. The van der Waals surface area contributed by atoms with Crippen LogP contribution in [-0.2, 0) is 9.53 Å². The lowest BCUT2D eigenvalue weighted by molar-refractivity contribution is -0.144. The largest absolute Gasteiger partial charge is 0.466 e. The predicted octanol–water partition coefficient (Wildman–Crippen LogP) is 6.15. The number of hydrogen-bond acceptors (Lipinski definition) is 2. The molecule has 0 radical (unpaired) electrons. The van der Waals surface area contributed by atoms with E-state index in [9.17, 15) is 4.79 Å². The van der Waals surface area contributed by atoms with Gasteiger partial charge < -0.3 is 4.74 Å². The molecule has 138 valence electrons. The van der Waals surface area contributed by atoms with E-state index in [1.54, 1.807) is 11.1 Å². The van der Waals surface area contributed by atoms with Gasteiger partial charge in [-0.2, -0.15) is 0 Å². The van der Waals surface area contributed by atoms with Gasteiger partial charge in [0.25, 0.3) is 0 Å². The van der Waals surface area contributed by atoms with Gasteiger partial charge in [0.05, 0.1) is 6.61 Å². The number of fused-ring (bicyclic) bond motifs is 1. The maximum Gasteiger partial charge on any atom is 0.306 e. The molecule has 0 aromatic heterocycles. The minimum absolute atomic E-state index is 0.0376. The molecule has 2 aliphatic rings. The van der Waals surface area contributed by atoms with Crippen molar-refractivity contribution in [3.63, 3.8) is 0 Å². The molecule has 4 atom stereocenters. The van der Waals surface area contributed by atoms with E-state index in [4.69, 9.17) is 4.74 Å². The average Bonchev–Trinajstić information content (AvgIpc) is 2.50. The van der Waals surface area contributed by atoms with Gasteiger partial charge in [-0.15, -0.1) is 0 Å². The zero-order chi connectivity index (χ0) is 17.9. The smallest absolute Gasteiger partial charge is 0.306 e. The van der Waals surface area contributed by atoms with Gasteiger partial charge in [-0.1, -0.05) is 38.8 Å². The van der Waals surface area contributed by atoms with E-state index in [2.05, 4.69) is 34.6 Å². The topological polar surface area (TPSA) is 26.3 Å². The highest BCUT2D eigenvalue weighted by Gasteiger charge is 2.45. The Bertz CT molecular complexity index is 474. The van der Waals surface area contributed by atoms with Crippen LogP contribution in [0.1, 0.15) is 86.5 Å². The van der Waals surface area contributed by atoms with E-state index in [-0.39, 0.29) is 5.97 Å². The zero-order valence-corrected chi connectivity index (χ0v) is 16.8. The highest BCUT2D eigenvalue weighted by atomic mass is 16.5. The van der Waals surface area contributed by atoms with Crippen LogP contribution >= 0.6 is 0 Å².